The Hall–Kier alpha value is -0.910. The van der Waals surface area contributed by atoms with Gasteiger partial charge >= 0.3 is 5.97 Å². The van der Waals surface area contributed by atoms with Gasteiger partial charge in [0, 0.05) is 25.8 Å². The molecule has 0 aliphatic carbocycles. The molecule has 0 aliphatic rings. The topological polar surface area (TPSA) is 59.0 Å². The summed E-state index contributed by atoms with van der Waals surface area (Å²) in [7, 11) is 4.76. The van der Waals surface area contributed by atoms with Crippen molar-refractivity contribution < 1.29 is 19.4 Å². The number of carbonyl (C=O) groups excluding carboxylic acids is 1. The second-order valence-corrected chi connectivity index (χ2v) is 3.71. The van der Waals surface area contributed by atoms with Gasteiger partial charge in [-0.15, -0.1) is 0 Å². The lowest BCUT2D eigenvalue weighted by Crippen LogP contribution is -2.32. The molecule has 0 rings (SSSR count). The maximum Gasteiger partial charge on any atom is 0.333 e. The number of hydrogen-bond acceptors (Lipinski definition) is 5. The summed E-state index contributed by atoms with van der Waals surface area (Å²) in [6.45, 7) is 3.09. The predicted molar refractivity (Wildman–Crippen MR) is 61.2 cm³/mol. The Balaban J connectivity index is 3.96. The van der Waals surface area contributed by atoms with Crippen LogP contribution < -0.4 is 0 Å². The molecule has 16 heavy (non-hydrogen) atoms. The number of likely N-dealkylation sites (N-methyl/N-ethyl adjacent to an activating group) is 1. The van der Waals surface area contributed by atoms with Gasteiger partial charge in [-0.05, 0) is 14.0 Å². The van der Waals surface area contributed by atoms with E-state index in [9.17, 15) is 9.90 Å². The molecule has 1 N–H and O–H groups in total. The van der Waals surface area contributed by atoms with Crippen molar-refractivity contribution in [1.82, 2.24) is 4.90 Å². The summed E-state index contributed by atoms with van der Waals surface area (Å²) >= 11 is 0. The molecule has 0 aromatic heterocycles. The molecule has 0 amide bonds. The van der Waals surface area contributed by atoms with Crippen molar-refractivity contribution in [2.75, 3.05) is 41.0 Å². The van der Waals surface area contributed by atoms with Crippen molar-refractivity contribution in [2.45, 2.75) is 13.0 Å². The lowest BCUT2D eigenvalue weighted by molar-refractivity contribution is -0.136. The number of rotatable bonds is 7. The highest BCUT2D eigenvalue weighted by atomic mass is 16.5. The number of aliphatic hydroxyl groups excluding tert-OH is 1. The third kappa shape index (κ3) is 6.55. The molecule has 1 unspecified atom stereocenters. The lowest BCUT2D eigenvalue weighted by atomic mass is 10.2. The van der Waals surface area contributed by atoms with Crippen LogP contribution in [0.2, 0.25) is 0 Å². The summed E-state index contributed by atoms with van der Waals surface area (Å²) < 4.78 is 9.39. The number of ether oxygens (including phenoxy) is 2. The SMILES string of the molecule is COCC(O)CN(C)CC=C(C)C(=O)OC. The quantitative estimate of drug-likeness (QED) is 0.495. The van der Waals surface area contributed by atoms with Crippen LogP contribution in [0.4, 0.5) is 0 Å². The molecule has 0 saturated carbocycles. The summed E-state index contributed by atoms with van der Waals surface area (Å²) in [6.07, 6.45) is 1.26. The number of nitrogens with zero attached hydrogens (tertiary/aromatic N) is 1. The maximum atomic E-state index is 11.1. The standard InChI is InChI=1S/C11H21NO4/c1-9(11(14)16-4)5-6-12(2)7-10(13)8-15-3/h5,10,13H,6-8H2,1-4H3. The molecule has 5 heteroatoms. The molecule has 94 valence electrons. The maximum absolute atomic E-state index is 11.1. The van der Waals surface area contributed by atoms with Crippen LogP contribution >= 0.6 is 0 Å². The monoisotopic (exact) mass is 231 g/mol. The molecule has 0 radical (unpaired) electrons. The van der Waals surface area contributed by atoms with Crippen LogP contribution in [0.1, 0.15) is 6.92 Å². The first-order valence-corrected chi connectivity index (χ1v) is 5.11. The molecule has 0 aliphatic heterocycles. The molecule has 0 fully saturated rings. The minimum Gasteiger partial charge on any atom is -0.466 e. The average Bonchev–Trinajstić information content (AvgIpc) is 2.24. The Morgan fingerprint density at radius 2 is 2.12 bits per heavy atom. The molecule has 1 atom stereocenters. The minimum atomic E-state index is -0.512. The van der Waals surface area contributed by atoms with Crippen LogP contribution in [-0.2, 0) is 14.3 Å². The van der Waals surface area contributed by atoms with Crippen LogP contribution in [0, 0.1) is 0 Å². The van der Waals surface area contributed by atoms with Gasteiger partial charge in [0.25, 0.3) is 0 Å². The zero-order valence-electron chi connectivity index (χ0n) is 10.4. The predicted octanol–water partition coefficient (Wildman–Crippen LogP) is 0.0448. The van der Waals surface area contributed by atoms with Crippen molar-refractivity contribution in [2.24, 2.45) is 0 Å². The van der Waals surface area contributed by atoms with Crippen LogP contribution in [0.15, 0.2) is 11.6 Å². The molecule has 0 aromatic carbocycles. The Kier molecular flexibility index (Phi) is 7.80. The highest BCUT2D eigenvalue weighted by Gasteiger charge is 2.08. The van der Waals surface area contributed by atoms with Crippen molar-refractivity contribution in [3.63, 3.8) is 0 Å². The fraction of sp³-hybridized carbons (Fsp3) is 0.727. The van der Waals surface area contributed by atoms with Crippen molar-refractivity contribution in [3.05, 3.63) is 11.6 Å². The molecule has 0 bridgehead atoms. The molecular weight excluding hydrogens is 210 g/mol. The largest absolute Gasteiger partial charge is 0.466 e. The zero-order chi connectivity index (χ0) is 12.6. The molecular formula is C11H21NO4. The van der Waals surface area contributed by atoms with E-state index in [0.717, 1.165) is 0 Å². The van der Waals surface area contributed by atoms with Gasteiger partial charge in [-0.3, -0.25) is 0 Å². The van der Waals surface area contributed by atoms with Gasteiger partial charge < -0.3 is 19.5 Å². The Morgan fingerprint density at radius 3 is 2.62 bits per heavy atom. The third-order valence-corrected chi connectivity index (χ3v) is 2.10. The van der Waals surface area contributed by atoms with Gasteiger partial charge in [0.2, 0.25) is 0 Å². The summed E-state index contributed by atoms with van der Waals surface area (Å²) in [5.41, 5.74) is 0.565. The lowest BCUT2D eigenvalue weighted by Gasteiger charge is -2.18. The highest BCUT2D eigenvalue weighted by Crippen LogP contribution is 1.97. The van der Waals surface area contributed by atoms with E-state index in [4.69, 9.17) is 4.74 Å². The summed E-state index contributed by atoms with van der Waals surface area (Å²) in [5.74, 6) is -0.328. The first kappa shape index (κ1) is 15.1. The zero-order valence-corrected chi connectivity index (χ0v) is 10.4. The van der Waals surface area contributed by atoms with Crippen molar-refractivity contribution in [1.29, 1.82) is 0 Å². The van der Waals surface area contributed by atoms with E-state index < -0.39 is 6.10 Å². The number of hydrogen-bond donors (Lipinski definition) is 1. The average molecular weight is 231 g/mol. The third-order valence-electron chi connectivity index (χ3n) is 2.10. The van der Waals surface area contributed by atoms with E-state index in [2.05, 4.69) is 4.74 Å². The first-order valence-electron chi connectivity index (χ1n) is 5.11. The molecule has 0 heterocycles. The Bertz CT molecular complexity index is 240. The molecule has 0 spiro atoms. The molecule has 0 aromatic rings. The van der Waals surface area contributed by atoms with E-state index in [1.54, 1.807) is 20.1 Å². The molecule has 0 saturated heterocycles. The van der Waals surface area contributed by atoms with E-state index >= 15 is 0 Å². The van der Waals surface area contributed by atoms with E-state index in [-0.39, 0.29) is 5.97 Å². The van der Waals surface area contributed by atoms with Gasteiger partial charge in [-0.2, -0.15) is 0 Å². The van der Waals surface area contributed by atoms with E-state index in [1.807, 2.05) is 11.9 Å². The summed E-state index contributed by atoms with van der Waals surface area (Å²) in [6, 6.07) is 0. The number of esters is 1. The number of aliphatic hydroxyl groups is 1. The smallest absolute Gasteiger partial charge is 0.333 e. The molecule has 5 nitrogen and oxygen atoms in total. The fourth-order valence-electron chi connectivity index (χ4n) is 1.22. The second kappa shape index (κ2) is 8.27. The van der Waals surface area contributed by atoms with Crippen LogP contribution in [-0.4, -0.2) is 63.0 Å². The van der Waals surface area contributed by atoms with Crippen LogP contribution in [0.5, 0.6) is 0 Å². The van der Waals surface area contributed by atoms with Gasteiger partial charge in [0.1, 0.15) is 0 Å². The van der Waals surface area contributed by atoms with Crippen LogP contribution in [0.3, 0.4) is 0 Å². The number of methoxy groups -OCH3 is 2. The van der Waals surface area contributed by atoms with Gasteiger partial charge in [-0.25, -0.2) is 4.79 Å². The second-order valence-electron chi connectivity index (χ2n) is 3.71. The van der Waals surface area contributed by atoms with Crippen molar-refractivity contribution in [3.8, 4) is 0 Å². The van der Waals surface area contributed by atoms with Crippen LogP contribution in [0.25, 0.3) is 0 Å². The first-order chi connectivity index (χ1) is 7.51. The highest BCUT2D eigenvalue weighted by molar-refractivity contribution is 5.87. The Labute approximate surface area is 96.6 Å². The minimum absolute atomic E-state index is 0.310. The summed E-state index contributed by atoms with van der Waals surface area (Å²) in [5, 5.41) is 9.46. The van der Waals surface area contributed by atoms with Gasteiger partial charge in [-0.1, -0.05) is 6.08 Å². The van der Waals surface area contributed by atoms with Gasteiger partial charge in [0.05, 0.1) is 19.8 Å². The van der Waals surface area contributed by atoms with Gasteiger partial charge in [0.15, 0.2) is 0 Å². The van der Waals surface area contributed by atoms with E-state index in [0.29, 0.717) is 25.3 Å². The summed E-state index contributed by atoms with van der Waals surface area (Å²) in [4.78, 5) is 13.0. The normalized spacial score (nSPS) is 14.0. The Morgan fingerprint density at radius 1 is 1.50 bits per heavy atom. The fourth-order valence-corrected chi connectivity index (χ4v) is 1.22. The number of carbonyl (C=O) groups is 1. The van der Waals surface area contributed by atoms with E-state index in [1.165, 1.54) is 7.11 Å². The van der Waals surface area contributed by atoms with Crippen molar-refractivity contribution >= 4 is 5.97 Å².